The van der Waals surface area contributed by atoms with Gasteiger partial charge in [0.15, 0.2) is 0 Å². The van der Waals surface area contributed by atoms with Crippen LogP contribution in [-0.2, 0) is 13.6 Å². The van der Waals surface area contributed by atoms with E-state index >= 15 is 0 Å². The van der Waals surface area contributed by atoms with Crippen molar-refractivity contribution in [3.63, 3.8) is 0 Å². The molecule has 0 amide bonds. The third kappa shape index (κ3) is 9.29. The van der Waals surface area contributed by atoms with E-state index in [1.54, 1.807) is 4.90 Å². The molecule has 18 heavy (non-hydrogen) atoms. The Kier molecular flexibility index (Phi) is 11.4. The minimum Gasteiger partial charge on any atom is -0.330 e. The normalized spacial score (nSPS) is 15.3. The highest BCUT2D eigenvalue weighted by Gasteiger charge is 2.24. The van der Waals surface area contributed by atoms with Crippen molar-refractivity contribution in [1.29, 1.82) is 0 Å². The molecule has 0 aromatic rings. The van der Waals surface area contributed by atoms with Gasteiger partial charge in [0, 0.05) is 13.1 Å². The van der Waals surface area contributed by atoms with Crippen LogP contribution in [0.25, 0.3) is 0 Å². The Hall–Kier alpha value is 0.340. The van der Waals surface area contributed by atoms with Gasteiger partial charge in [-0.1, -0.05) is 0 Å². The molecule has 0 heterocycles. The zero-order valence-electron chi connectivity index (χ0n) is 9.94. The molecule has 0 aliphatic carbocycles. The maximum atomic E-state index is 10.7. The Balaban J connectivity index is 4.52. The molecule has 0 aromatic carbocycles. The van der Waals surface area contributed by atoms with E-state index in [4.69, 9.17) is 26.1 Å². The van der Waals surface area contributed by atoms with E-state index in [9.17, 15) is 4.57 Å². The number of hydrogen-bond acceptors (Lipinski definition) is 8. The molecule has 7 N–H and O–H groups in total. The van der Waals surface area contributed by atoms with E-state index in [1.807, 2.05) is 0 Å². The molecule has 0 fully saturated rings. The lowest BCUT2D eigenvalue weighted by molar-refractivity contribution is -0.121. The molecule has 0 spiro atoms. The molecule has 9 nitrogen and oxygen atoms in total. The van der Waals surface area contributed by atoms with Gasteiger partial charge in [0.05, 0.1) is 0 Å². The van der Waals surface area contributed by atoms with E-state index in [1.165, 1.54) is 0 Å². The molecule has 110 valence electrons. The molecule has 0 aromatic heterocycles. The summed E-state index contributed by atoms with van der Waals surface area (Å²) in [5, 5.41) is 0. The van der Waals surface area contributed by atoms with Gasteiger partial charge >= 0.3 is 16.9 Å². The second-order valence-electron chi connectivity index (χ2n) is 3.37. The van der Waals surface area contributed by atoms with Crippen LogP contribution in [0.15, 0.2) is 0 Å². The Morgan fingerprint density at radius 3 is 2.06 bits per heavy atom. The molecule has 2 atom stereocenters. The second-order valence-corrected chi connectivity index (χ2v) is 4.85. The highest BCUT2D eigenvalue weighted by Crippen LogP contribution is 2.32. The predicted molar refractivity (Wildman–Crippen MR) is 67.5 cm³/mol. The number of rotatable bonds is 11. The summed E-state index contributed by atoms with van der Waals surface area (Å²) in [6, 6.07) is 0. The summed E-state index contributed by atoms with van der Waals surface area (Å²) in [6.45, 7) is 1.71. The lowest BCUT2D eigenvalue weighted by Gasteiger charge is -2.29. The first-order valence-corrected chi connectivity index (χ1v) is 7.82. The standard InChI is InChI=1S/C7H21N3O6P2/c8-3-1-5-10(6-2-4-9)7(15-17(11)12)16-18(13)14/h7,11-12,18H,1-6,8-9H2,(H,13,14). The Morgan fingerprint density at radius 2 is 1.72 bits per heavy atom. The van der Waals surface area contributed by atoms with Gasteiger partial charge in [-0.25, -0.2) is 0 Å². The van der Waals surface area contributed by atoms with Crippen molar-refractivity contribution in [3.05, 3.63) is 0 Å². The van der Waals surface area contributed by atoms with E-state index in [0.29, 0.717) is 39.0 Å². The van der Waals surface area contributed by atoms with E-state index < -0.39 is 23.3 Å². The number of nitrogens with two attached hydrogens (primary N) is 2. The van der Waals surface area contributed by atoms with Crippen molar-refractivity contribution in [2.45, 2.75) is 19.3 Å². The molecule has 11 heteroatoms. The molecule has 0 aliphatic heterocycles. The third-order valence-electron chi connectivity index (χ3n) is 1.98. The smallest absolute Gasteiger partial charge is 0.330 e. The molecule has 0 radical (unpaired) electrons. The summed E-state index contributed by atoms with van der Waals surface area (Å²) >= 11 is 0. The lowest BCUT2D eigenvalue weighted by atomic mass is 10.3. The Morgan fingerprint density at radius 1 is 1.22 bits per heavy atom. The molecular formula is C7H21N3O6P2. The van der Waals surface area contributed by atoms with Gasteiger partial charge in [-0.15, -0.1) is 0 Å². The number of hydrogen-bond donors (Lipinski definition) is 5. The predicted octanol–water partition coefficient (Wildman–Crippen LogP) is -1.10. The summed E-state index contributed by atoms with van der Waals surface area (Å²) in [5.41, 5.74) is 10.8. The fraction of sp³-hybridized carbons (Fsp3) is 1.00. The fourth-order valence-electron chi connectivity index (χ4n) is 1.24. The van der Waals surface area contributed by atoms with Crippen molar-refractivity contribution < 1.29 is 28.3 Å². The van der Waals surface area contributed by atoms with Gasteiger partial charge in [0.2, 0.25) is 6.41 Å². The average molecular weight is 305 g/mol. The van der Waals surface area contributed by atoms with Gasteiger partial charge in [-0.3, -0.25) is 18.5 Å². The number of nitrogens with zero attached hydrogens (tertiary/aromatic N) is 1. The molecule has 0 rings (SSSR count). The quantitative estimate of drug-likeness (QED) is 0.236. The molecule has 0 saturated heterocycles. The van der Waals surface area contributed by atoms with Crippen LogP contribution < -0.4 is 11.5 Å². The highest BCUT2D eigenvalue weighted by atomic mass is 31.2. The van der Waals surface area contributed by atoms with Crippen LogP contribution >= 0.6 is 16.9 Å². The largest absolute Gasteiger partial charge is 0.330 e. The van der Waals surface area contributed by atoms with Crippen molar-refractivity contribution in [1.82, 2.24) is 4.90 Å². The zero-order chi connectivity index (χ0) is 14.0. The highest BCUT2D eigenvalue weighted by molar-refractivity contribution is 7.39. The SMILES string of the molecule is NCCCN(CCCN)C(OP(O)O)O[PH](=O)O. The van der Waals surface area contributed by atoms with Gasteiger partial charge < -0.3 is 26.1 Å². The third-order valence-corrected chi connectivity index (χ3v) is 2.76. The van der Waals surface area contributed by atoms with Gasteiger partial charge in [0.25, 0.3) is 0 Å². The maximum absolute atomic E-state index is 10.7. The van der Waals surface area contributed by atoms with Crippen LogP contribution in [0.2, 0.25) is 0 Å². The van der Waals surface area contributed by atoms with Crippen molar-refractivity contribution in [2.75, 3.05) is 26.2 Å². The van der Waals surface area contributed by atoms with Crippen molar-refractivity contribution in [3.8, 4) is 0 Å². The first kappa shape index (κ1) is 18.3. The zero-order valence-corrected chi connectivity index (χ0v) is 11.8. The van der Waals surface area contributed by atoms with E-state index in [-0.39, 0.29) is 0 Å². The summed E-state index contributed by atoms with van der Waals surface area (Å²) in [6.07, 6.45) is -0.0789. The molecule has 0 aliphatic rings. The fourth-order valence-corrected chi connectivity index (χ4v) is 2.03. The van der Waals surface area contributed by atoms with Crippen LogP contribution in [0.1, 0.15) is 12.8 Å². The summed E-state index contributed by atoms with van der Waals surface area (Å²) in [7, 11) is -5.96. The molecule has 2 unspecified atom stereocenters. The van der Waals surface area contributed by atoms with Crippen LogP contribution in [0.3, 0.4) is 0 Å². The first-order valence-electron chi connectivity index (χ1n) is 5.39. The summed E-state index contributed by atoms with van der Waals surface area (Å²) < 4.78 is 20.0. The molecular weight excluding hydrogens is 284 g/mol. The van der Waals surface area contributed by atoms with Crippen molar-refractivity contribution >= 4 is 16.9 Å². The second kappa shape index (κ2) is 11.2. The average Bonchev–Trinajstić information content (AvgIpc) is 2.27. The van der Waals surface area contributed by atoms with Crippen LogP contribution in [0.5, 0.6) is 0 Å². The minimum atomic E-state index is -3.26. The topological polar surface area (TPSA) is 152 Å². The maximum Gasteiger partial charge on any atom is 0.330 e. The first-order chi connectivity index (χ1) is 8.51. The van der Waals surface area contributed by atoms with Crippen LogP contribution in [-0.4, -0.2) is 52.2 Å². The monoisotopic (exact) mass is 305 g/mol. The molecule has 0 saturated carbocycles. The lowest BCUT2D eigenvalue weighted by Crippen LogP contribution is -2.40. The van der Waals surface area contributed by atoms with Gasteiger partial charge in [-0.2, -0.15) is 0 Å². The van der Waals surface area contributed by atoms with E-state index in [2.05, 4.69) is 9.05 Å². The van der Waals surface area contributed by atoms with Gasteiger partial charge in [-0.05, 0) is 25.9 Å². The Labute approximate surface area is 108 Å². The molecule has 0 bridgehead atoms. The minimum absolute atomic E-state index is 0.424. The summed E-state index contributed by atoms with van der Waals surface area (Å²) in [4.78, 5) is 27.9. The Bertz CT molecular complexity index is 227. The van der Waals surface area contributed by atoms with Crippen LogP contribution in [0.4, 0.5) is 0 Å². The van der Waals surface area contributed by atoms with Gasteiger partial charge in [0.1, 0.15) is 0 Å². The van der Waals surface area contributed by atoms with Crippen LogP contribution in [0, 0.1) is 0 Å². The summed E-state index contributed by atoms with van der Waals surface area (Å²) in [5.74, 6) is 0. The van der Waals surface area contributed by atoms with Crippen molar-refractivity contribution in [2.24, 2.45) is 11.5 Å². The van der Waals surface area contributed by atoms with E-state index in [0.717, 1.165) is 0 Å².